The molecule has 1 rings (SSSR count). The van der Waals surface area contributed by atoms with Gasteiger partial charge in [0.15, 0.2) is 0 Å². The maximum Gasteiger partial charge on any atom is 0.129 e. The van der Waals surface area contributed by atoms with Gasteiger partial charge in [-0.05, 0) is 24.6 Å². The van der Waals surface area contributed by atoms with E-state index >= 15 is 0 Å². The normalized spacial score (nSPS) is 10.6. The molecule has 1 heterocycles. The molecular weight excluding hydrogens is 146 g/mol. The second-order valence-electron chi connectivity index (χ2n) is 1.91. The topological polar surface area (TPSA) is 12.9 Å². The average molecular weight is 154 g/mol. The van der Waals surface area contributed by atoms with Crippen molar-refractivity contribution in [3.8, 4) is 0 Å². The minimum atomic E-state index is 0.538. The summed E-state index contributed by atoms with van der Waals surface area (Å²) in [5.41, 5.74) is 1.09. The molecule has 1 nitrogen and oxygen atoms in total. The Morgan fingerprint density at radius 3 is 3.00 bits per heavy atom. The van der Waals surface area contributed by atoms with Gasteiger partial charge in [0.1, 0.15) is 5.15 Å². The van der Waals surface area contributed by atoms with Gasteiger partial charge in [0.2, 0.25) is 0 Å². The Morgan fingerprint density at radius 2 is 2.40 bits per heavy atom. The Hall–Kier alpha value is -0.820. The number of hydrogen-bond acceptors (Lipinski definition) is 1. The van der Waals surface area contributed by atoms with Crippen LogP contribution in [0.2, 0.25) is 5.15 Å². The fraction of sp³-hybridized carbons (Fsp3) is 0.125. The Kier molecular flexibility index (Phi) is 2.46. The number of rotatable bonds is 1. The smallest absolute Gasteiger partial charge is 0.129 e. The van der Waals surface area contributed by atoms with Crippen LogP contribution in [-0.4, -0.2) is 4.98 Å². The van der Waals surface area contributed by atoms with Gasteiger partial charge in [0.25, 0.3) is 0 Å². The molecule has 2 heteroatoms. The van der Waals surface area contributed by atoms with Gasteiger partial charge in [-0.2, -0.15) is 0 Å². The van der Waals surface area contributed by atoms with Gasteiger partial charge >= 0.3 is 0 Å². The van der Waals surface area contributed by atoms with Crippen LogP contribution in [-0.2, 0) is 0 Å². The lowest BCUT2D eigenvalue weighted by Gasteiger charge is -1.90. The Bertz CT molecular complexity index is 243. The van der Waals surface area contributed by atoms with Gasteiger partial charge in [0.05, 0.1) is 0 Å². The zero-order valence-corrected chi connectivity index (χ0v) is 6.47. The van der Waals surface area contributed by atoms with Crippen LogP contribution in [0.15, 0.2) is 24.4 Å². The van der Waals surface area contributed by atoms with Crippen LogP contribution in [0.3, 0.4) is 0 Å². The zero-order valence-electron chi connectivity index (χ0n) is 5.71. The molecule has 0 radical (unpaired) electrons. The molecule has 10 heavy (non-hydrogen) atoms. The van der Waals surface area contributed by atoms with Gasteiger partial charge in [-0.1, -0.05) is 23.8 Å². The van der Waals surface area contributed by atoms with Crippen LogP contribution in [0.4, 0.5) is 0 Å². The van der Waals surface area contributed by atoms with Crippen molar-refractivity contribution in [2.24, 2.45) is 0 Å². The van der Waals surface area contributed by atoms with E-state index in [1.165, 1.54) is 0 Å². The van der Waals surface area contributed by atoms with Crippen LogP contribution in [0.5, 0.6) is 0 Å². The first kappa shape index (κ1) is 7.29. The molecular formula is C8H8ClN. The lowest BCUT2D eigenvalue weighted by atomic mass is 10.2. The number of hydrogen-bond donors (Lipinski definition) is 0. The maximum absolute atomic E-state index is 5.64. The molecule has 0 aliphatic heterocycles. The van der Waals surface area contributed by atoms with Crippen molar-refractivity contribution in [3.63, 3.8) is 0 Å². The van der Waals surface area contributed by atoms with Crippen molar-refractivity contribution in [1.82, 2.24) is 4.98 Å². The van der Waals surface area contributed by atoms with E-state index in [0.29, 0.717) is 5.15 Å². The molecule has 52 valence electrons. The van der Waals surface area contributed by atoms with Crippen molar-refractivity contribution in [2.45, 2.75) is 6.92 Å². The number of allylic oxidation sites excluding steroid dienone is 1. The predicted octanol–water partition coefficient (Wildman–Crippen LogP) is 2.77. The van der Waals surface area contributed by atoms with E-state index in [1.54, 1.807) is 6.20 Å². The van der Waals surface area contributed by atoms with Crippen LogP contribution < -0.4 is 0 Å². The van der Waals surface area contributed by atoms with Gasteiger partial charge < -0.3 is 0 Å². The summed E-state index contributed by atoms with van der Waals surface area (Å²) >= 11 is 5.64. The second-order valence-corrected chi connectivity index (χ2v) is 2.30. The molecule has 0 saturated carbocycles. The molecule has 0 aliphatic carbocycles. The van der Waals surface area contributed by atoms with E-state index < -0.39 is 0 Å². The Morgan fingerprint density at radius 1 is 1.60 bits per heavy atom. The van der Waals surface area contributed by atoms with Crippen molar-refractivity contribution in [3.05, 3.63) is 35.1 Å². The summed E-state index contributed by atoms with van der Waals surface area (Å²) in [4.78, 5) is 3.85. The van der Waals surface area contributed by atoms with Crippen molar-refractivity contribution in [1.29, 1.82) is 0 Å². The SMILES string of the molecule is CC=Cc1ccnc(Cl)c1. The van der Waals surface area contributed by atoms with Gasteiger partial charge in [-0.25, -0.2) is 4.98 Å². The van der Waals surface area contributed by atoms with E-state index in [1.807, 2.05) is 31.2 Å². The van der Waals surface area contributed by atoms with Crippen LogP contribution >= 0.6 is 11.6 Å². The third-order valence-corrected chi connectivity index (χ3v) is 1.32. The van der Waals surface area contributed by atoms with Gasteiger partial charge in [-0.15, -0.1) is 0 Å². The first-order chi connectivity index (χ1) is 4.83. The minimum Gasteiger partial charge on any atom is -0.245 e. The summed E-state index contributed by atoms with van der Waals surface area (Å²) in [6.07, 6.45) is 5.64. The summed E-state index contributed by atoms with van der Waals surface area (Å²) in [6.45, 7) is 1.97. The fourth-order valence-electron chi connectivity index (χ4n) is 0.714. The summed E-state index contributed by atoms with van der Waals surface area (Å²) in [5, 5.41) is 0.538. The summed E-state index contributed by atoms with van der Waals surface area (Å²) in [6, 6.07) is 3.73. The van der Waals surface area contributed by atoms with Crippen molar-refractivity contribution in [2.75, 3.05) is 0 Å². The van der Waals surface area contributed by atoms with E-state index in [-0.39, 0.29) is 0 Å². The highest BCUT2D eigenvalue weighted by atomic mass is 35.5. The van der Waals surface area contributed by atoms with Crippen LogP contribution in [0, 0.1) is 0 Å². The fourth-order valence-corrected chi connectivity index (χ4v) is 0.896. The summed E-state index contributed by atoms with van der Waals surface area (Å²) in [5.74, 6) is 0. The lowest BCUT2D eigenvalue weighted by molar-refractivity contribution is 1.32. The first-order valence-corrected chi connectivity index (χ1v) is 3.45. The molecule has 0 spiro atoms. The molecule has 1 aromatic heterocycles. The standard InChI is InChI=1S/C8H8ClN/c1-2-3-7-4-5-10-8(9)6-7/h2-6H,1H3. The predicted molar refractivity (Wildman–Crippen MR) is 44.0 cm³/mol. The molecule has 0 N–H and O–H groups in total. The van der Waals surface area contributed by atoms with E-state index in [0.717, 1.165) is 5.56 Å². The van der Waals surface area contributed by atoms with E-state index in [4.69, 9.17) is 11.6 Å². The Labute approximate surface area is 65.4 Å². The highest BCUT2D eigenvalue weighted by Gasteiger charge is 1.87. The third kappa shape index (κ3) is 1.85. The number of halogens is 1. The molecule has 0 amide bonds. The van der Waals surface area contributed by atoms with Crippen molar-refractivity contribution < 1.29 is 0 Å². The quantitative estimate of drug-likeness (QED) is 0.566. The van der Waals surface area contributed by atoms with Gasteiger partial charge in [0, 0.05) is 6.20 Å². The van der Waals surface area contributed by atoms with Gasteiger partial charge in [-0.3, -0.25) is 0 Å². The molecule has 0 aromatic carbocycles. The van der Waals surface area contributed by atoms with E-state index in [2.05, 4.69) is 4.98 Å². The average Bonchev–Trinajstić information content (AvgIpc) is 1.88. The first-order valence-electron chi connectivity index (χ1n) is 3.07. The lowest BCUT2D eigenvalue weighted by Crippen LogP contribution is -1.74. The third-order valence-electron chi connectivity index (χ3n) is 1.11. The molecule has 0 saturated heterocycles. The number of nitrogens with zero attached hydrogens (tertiary/aromatic N) is 1. The molecule has 0 fully saturated rings. The summed E-state index contributed by atoms with van der Waals surface area (Å²) in [7, 11) is 0. The minimum absolute atomic E-state index is 0.538. The largest absolute Gasteiger partial charge is 0.245 e. The highest BCUT2D eigenvalue weighted by molar-refractivity contribution is 6.29. The molecule has 0 aliphatic rings. The summed E-state index contributed by atoms with van der Waals surface area (Å²) < 4.78 is 0. The Balaban J connectivity index is 2.95. The zero-order chi connectivity index (χ0) is 7.40. The van der Waals surface area contributed by atoms with Crippen LogP contribution in [0.25, 0.3) is 6.08 Å². The highest BCUT2D eigenvalue weighted by Crippen LogP contribution is 2.07. The monoisotopic (exact) mass is 153 g/mol. The number of pyridine rings is 1. The molecule has 1 aromatic rings. The molecule has 0 unspecified atom stereocenters. The van der Waals surface area contributed by atoms with E-state index in [9.17, 15) is 0 Å². The number of aromatic nitrogens is 1. The van der Waals surface area contributed by atoms with Crippen LogP contribution in [0.1, 0.15) is 12.5 Å². The maximum atomic E-state index is 5.64. The van der Waals surface area contributed by atoms with Crippen molar-refractivity contribution >= 4 is 17.7 Å². The second kappa shape index (κ2) is 3.37. The molecule has 0 atom stereocenters. The molecule has 0 bridgehead atoms.